The fourth-order valence-corrected chi connectivity index (χ4v) is 4.08. The number of anilines is 2. The van der Waals surface area contributed by atoms with Gasteiger partial charge in [-0.3, -0.25) is 5.10 Å². The van der Waals surface area contributed by atoms with Gasteiger partial charge in [0.2, 0.25) is 5.13 Å². The van der Waals surface area contributed by atoms with E-state index in [0.717, 1.165) is 38.1 Å². The third-order valence-electron chi connectivity index (χ3n) is 5.01. The highest BCUT2D eigenvalue weighted by molar-refractivity contribution is 7.18. The van der Waals surface area contributed by atoms with Gasteiger partial charge in [0.15, 0.2) is 0 Å². The van der Waals surface area contributed by atoms with Crippen LogP contribution in [0.15, 0.2) is 48.7 Å². The van der Waals surface area contributed by atoms with Crippen LogP contribution >= 0.6 is 11.3 Å². The molecule has 0 radical (unpaired) electrons. The minimum atomic E-state index is -0.389. The van der Waals surface area contributed by atoms with Crippen molar-refractivity contribution >= 4 is 49.9 Å². The van der Waals surface area contributed by atoms with E-state index in [1.54, 1.807) is 12.3 Å². The average molecular weight is 448 g/mol. The number of esters is 1. The number of fused-ring (bicyclic) bond motifs is 2. The zero-order valence-electron chi connectivity index (χ0n) is 17.3. The number of hydrogen-bond acceptors (Lipinski definition) is 8. The van der Waals surface area contributed by atoms with Crippen molar-refractivity contribution in [2.24, 2.45) is 5.73 Å². The number of aromatic nitrogens is 5. The number of benzene rings is 2. The molecule has 0 fully saturated rings. The Hall–Kier alpha value is -3.76. The van der Waals surface area contributed by atoms with Crippen LogP contribution in [0.4, 0.5) is 10.8 Å². The molecule has 0 saturated heterocycles. The van der Waals surface area contributed by atoms with Crippen LogP contribution in [0.3, 0.4) is 0 Å². The maximum absolute atomic E-state index is 12.3. The number of carbonyl (C=O) groups is 1. The number of hydrogen-bond donors (Lipinski definition) is 4. The van der Waals surface area contributed by atoms with E-state index in [0.29, 0.717) is 23.9 Å². The summed E-state index contributed by atoms with van der Waals surface area (Å²) in [6.07, 6.45) is 2.40. The van der Waals surface area contributed by atoms with Crippen LogP contribution < -0.4 is 11.1 Å². The van der Waals surface area contributed by atoms with Gasteiger partial charge in [0.25, 0.3) is 0 Å². The van der Waals surface area contributed by atoms with Crippen molar-refractivity contribution in [3.05, 3.63) is 54.4 Å². The Kier molecular flexibility index (Phi) is 5.29. The van der Waals surface area contributed by atoms with E-state index >= 15 is 0 Å². The van der Waals surface area contributed by atoms with Crippen molar-refractivity contribution in [2.45, 2.75) is 19.4 Å². The lowest BCUT2D eigenvalue weighted by Gasteiger charge is -2.05. The molecule has 5 rings (SSSR count). The Bertz CT molecular complexity index is 1400. The Morgan fingerprint density at radius 3 is 2.94 bits per heavy atom. The monoisotopic (exact) mass is 447 g/mol. The molecular weight excluding hydrogens is 426 g/mol. The third-order valence-corrected chi connectivity index (χ3v) is 5.90. The molecule has 1 atom stereocenters. The van der Waals surface area contributed by atoms with Gasteiger partial charge in [0.1, 0.15) is 10.7 Å². The van der Waals surface area contributed by atoms with E-state index in [2.05, 4.69) is 30.7 Å². The first-order chi connectivity index (χ1) is 15.5. The molecule has 1 unspecified atom stereocenters. The summed E-state index contributed by atoms with van der Waals surface area (Å²) >= 11 is 1.45. The van der Waals surface area contributed by atoms with Gasteiger partial charge in [-0.1, -0.05) is 23.5 Å². The molecule has 0 amide bonds. The normalized spacial score (nSPS) is 12.3. The van der Waals surface area contributed by atoms with Crippen LogP contribution in [0.5, 0.6) is 0 Å². The largest absolute Gasteiger partial charge is 0.461 e. The third kappa shape index (κ3) is 4.18. The van der Waals surface area contributed by atoms with Gasteiger partial charge >= 0.3 is 5.97 Å². The molecule has 0 aliphatic carbocycles. The van der Waals surface area contributed by atoms with Crippen molar-refractivity contribution in [1.29, 1.82) is 0 Å². The smallest absolute Gasteiger partial charge is 0.354 e. The second-order valence-corrected chi connectivity index (χ2v) is 8.57. The van der Waals surface area contributed by atoms with Crippen LogP contribution in [0.2, 0.25) is 0 Å². The van der Waals surface area contributed by atoms with E-state index in [-0.39, 0.29) is 12.0 Å². The van der Waals surface area contributed by atoms with Crippen molar-refractivity contribution < 1.29 is 9.53 Å². The Balaban J connectivity index is 1.32. The zero-order chi connectivity index (χ0) is 22.1. The maximum atomic E-state index is 12.3. The molecule has 2 aromatic carbocycles. The van der Waals surface area contributed by atoms with Gasteiger partial charge < -0.3 is 20.8 Å². The molecule has 3 aromatic heterocycles. The van der Waals surface area contributed by atoms with E-state index in [9.17, 15) is 4.79 Å². The van der Waals surface area contributed by atoms with E-state index < -0.39 is 0 Å². The lowest BCUT2D eigenvalue weighted by atomic mass is 10.2. The SMILES string of the molecule is CC(N)CCOC(=O)c1cc2ccc(-c3nnc(Nc4ccc5[nH]ncc5c4)s3)cc2[nH]1. The van der Waals surface area contributed by atoms with Gasteiger partial charge in [-0.25, -0.2) is 4.79 Å². The highest BCUT2D eigenvalue weighted by Gasteiger charge is 2.13. The quantitative estimate of drug-likeness (QED) is 0.275. The number of H-pyrrole nitrogens is 2. The summed E-state index contributed by atoms with van der Waals surface area (Å²) in [4.78, 5) is 15.4. The molecule has 9 nitrogen and oxygen atoms in total. The first kappa shape index (κ1) is 20.2. The maximum Gasteiger partial charge on any atom is 0.354 e. The number of aromatic amines is 2. The van der Waals surface area contributed by atoms with Crippen LogP contribution in [0.25, 0.3) is 32.4 Å². The number of carbonyl (C=O) groups excluding carboxylic acids is 1. The first-order valence-corrected chi connectivity index (χ1v) is 11.0. The molecule has 0 bridgehead atoms. The molecular formula is C22H21N7O2S. The molecule has 5 N–H and O–H groups in total. The van der Waals surface area contributed by atoms with Crippen molar-refractivity contribution in [2.75, 3.05) is 11.9 Å². The standard InChI is InChI=1S/C22H21N7O2S/c1-12(23)6-7-31-21(30)19-9-13-2-3-14(10-18(13)26-19)20-28-29-22(32-20)25-16-4-5-17-15(8-16)11-24-27-17/h2-5,8-12,26H,6-7,23H2,1H3,(H,24,27)(H,25,29). The summed E-state index contributed by atoms with van der Waals surface area (Å²) in [6, 6.07) is 13.6. The predicted octanol–water partition coefficient (Wildman–Crippen LogP) is 4.20. The van der Waals surface area contributed by atoms with Crippen LogP contribution in [0.1, 0.15) is 23.8 Å². The summed E-state index contributed by atoms with van der Waals surface area (Å²) in [5.74, 6) is -0.389. The fraction of sp³-hybridized carbons (Fsp3) is 0.182. The van der Waals surface area contributed by atoms with Gasteiger partial charge in [-0.05, 0) is 43.7 Å². The lowest BCUT2D eigenvalue weighted by Crippen LogP contribution is -2.18. The van der Waals surface area contributed by atoms with Crippen molar-refractivity contribution in [3.63, 3.8) is 0 Å². The van der Waals surface area contributed by atoms with Crippen LogP contribution in [-0.2, 0) is 4.74 Å². The van der Waals surface area contributed by atoms with Gasteiger partial charge in [-0.15, -0.1) is 10.2 Å². The molecule has 5 aromatic rings. The molecule has 3 heterocycles. The van der Waals surface area contributed by atoms with Crippen LogP contribution in [0, 0.1) is 0 Å². The van der Waals surface area contributed by atoms with E-state index in [4.69, 9.17) is 10.5 Å². The Morgan fingerprint density at radius 1 is 1.16 bits per heavy atom. The lowest BCUT2D eigenvalue weighted by molar-refractivity contribution is 0.0490. The number of nitrogens with zero attached hydrogens (tertiary/aromatic N) is 3. The van der Waals surface area contributed by atoms with Crippen molar-refractivity contribution in [1.82, 2.24) is 25.4 Å². The zero-order valence-corrected chi connectivity index (χ0v) is 18.1. The summed E-state index contributed by atoms with van der Waals surface area (Å²) in [7, 11) is 0. The highest BCUT2D eigenvalue weighted by Crippen LogP contribution is 2.31. The number of rotatable bonds is 7. The molecule has 32 heavy (non-hydrogen) atoms. The summed E-state index contributed by atoms with van der Waals surface area (Å²) in [6.45, 7) is 2.18. The fourth-order valence-electron chi connectivity index (χ4n) is 3.32. The molecule has 0 aliphatic heterocycles. The molecule has 0 spiro atoms. The summed E-state index contributed by atoms with van der Waals surface area (Å²) in [5.41, 5.74) is 9.74. The first-order valence-electron chi connectivity index (χ1n) is 10.1. The number of nitrogens with one attached hydrogen (secondary N) is 3. The number of nitrogens with two attached hydrogens (primary N) is 1. The second-order valence-electron chi connectivity index (χ2n) is 7.60. The van der Waals surface area contributed by atoms with Crippen LogP contribution in [-0.4, -0.2) is 44.0 Å². The Labute approximate surface area is 187 Å². The molecule has 10 heteroatoms. The highest BCUT2D eigenvalue weighted by atomic mass is 32.1. The van der Waals surface area contributed by atoms with Gasteiger partial charge in [0, 0.05) is 33.6 Å². The Morgan fingerprint density at radius 2 is 2.06 bits per heavy atom. The minimum Gasteiger partial charge on any atom is -0.461 e. The second kappa shape index (κ2) is 8.40. The topological polar surface area (TPSA) is 135 Å². The van der Waals surface area contributed by atoms with Gasteiger partial charge in [0.05, 0.1) is 18.3 Å². The van der Waals surface area contributed by atoms with E-state index in [1.165, 1.54) is 11.3 Å². The number of ether oxygens (including phenoxy) is 1. The molecule has 0 aliphatic rings. The summed E-state index contributed by atoms with van der Waals surface area (Å²) < 4.78 is 5.28. The molecule has 0 saturated carbocycles. The van der Waals surface area contributed by atoms with E-state index in [1.807, 2.05) is 43.3 Å². The summed E-state index contributed by atoms with van der Waals surface area (Å²) in [5, 5.41) is 22.2. The minimum absolute atomic E-state index is 0.00657. The predicted molar refractivity (Wildman–Crippen MR) is 125 cm³/mol. The van der Waals surface area contributed by atoms with Gasteiger partial charge in [-0.2, -0.15) is 5.10 Å². The van der Waals surface area contributed by atoms with Crippen molar-refractivity contribution in [3.8, 4) is 10.6 Å². The molecule has 162 valence electrons. The average Bonchev–Trinajstić information content (AvgIpc) is 3.51.